The minimum atomic E-state index is -0.00694. The number of hydrogen-bond donors (Lipinski definition) is 2. The van der Waals surface area contributed by atoms with E-state index in [0.717, 1.165) is 13.2 Å². The van der Waals surface area contributed by atoms with Gasteiger partial charge in [-0.1, -0.05) is 20.8 Å². The lowest BCUT2D eigenvalue weighted by Crippen LogP contribution is -2.40. The van der Waals surface area contributed by atoms with E-state index in [4.69, 9.17) is 0 Å². The zero-order chi connectivity index (χ0) is 10.3. The Morgan fingerprint density at radius 2 is 1.77 bits per heavy atom. The predicted octanol–water partition coefficient (Wildman–Crippen LogP) is 1.93. The van der Waals surface area contributed by atoms with Crippen molar-refractivity contribution in [2.45, 2.75) is 45.5 Å². The Labute approximate surface area is 87.5 Å². The van der Waals surface area contributed by atoms with Crippen LogP contribution in [0.25, 0.3) is 0 Å². The van der Waals surface area contributed by atoms with E-state index in [1.807, 2.05) is 0 Å². The molecule has 0 spiro atoms. The van der Waals surface area contributed by atoms with Crippen LogP contribution in [0.3, 0.4) is 0 Å². The minimum absolute atomic E-state index is 0.00694. The summed E-state index contributed by atoms with van der Waals surface area (Å²) in [7, 11) is 0. The number of rotatable bonds is 1. The summed E-state index contributed by atoms with van der Waals surface area (Å²) in [5, 5.41) is 3.53. The van der Waals surface area contributed by atoms with Crippen molar-refractivity contribution < 1.29 is 0 Å². The highest BCUT2D eigenvalue weighted by molar-refractivity contribution is 7.81. The van der Waals surface area contributed by atoms with E-state index in [-0.39, 0.29) is 4.87 Å². The Bertz CT molecular complexity index is 158. The van der Waals surface area contributed by atoms with Gasteiger partial charge in [-0.2, -0.15) is 12.6 Å². The fourth-order valence-electron chi connectivity index (χ4n) is 1.57. The highest BCUT2D eigenvalue weighted by atomic mass is 32.1. The van der Waals surface area contributed by atoms with Gasteiger partial charge in [0.1, 0.15) is 0 Å². The summed E-state index contributed by atoms with van der Waals surface area (Å²) in [6.45, 7) is 13.2. The summed E-state index contributed by atoms with van der Waals surface area (Å²) in [4.78, 5) is 2.36. The second-order valence-electron chi connectivity index (χ2n) is 5.50. The summed E-state index contributed by atoms with van der Waals surface area (Å²) in [5.41, 5.74) is 0.341. The minimum Gasteiger partial charge on any atom is -0.300 e. The SMILES string of the molecule is CC(C)(C)C1CN(C(C)(C)S)CN1. The molecule has 0 saturated carbocycles. The van der Waals surface area contributed by atoms with Crippen molar-refractivity contribution in [2.75, 3.05) is 13.2 Å². The van der Waals surface area contributed by atoms with Crippen LogP contribution in [0.2, 0.25) is 0 Å². The van der Waals surface area contributed by atoms with Crippen LogP contribution in [0.4, 0.5) is 0 Å². The van der Waals surface area contributed by atoms with Gasteiger partial charge in [-0.25, -0.2) is 0 Å². The third-order valence-electron chi connectivity index (χ3n) is 2.75. The molecule has 0 aromatic heterocycles. The molecule has 0 amide bonds. The Balaban J connectivity index is 2.55. The van der Waals surface area contributed by atoms with Gasteiger partial charge in [0.2, 0.25) is 0 Å². The summed E-state index contributed by atoms with van der Waals surface area (Å²) in [5.74, 6) is 0. The third-order valence-corrected chi connectivity index (χ3v) is 3.03. The van der Waals surface area contributed by atoms with Gasteiger partial charge in [-0.05, 0) is 19.3 Å². The van der Waals surface area contributed by atoms with Gasteiger partial charge in [-0.15, -0.1) is 0 Å². The molecule has 1 aliphatic rings. The van der Waals surface area contributed by atoms with Crippen molar-refractivity contribution in [1.29, 1.82) is 0 Å². The molecule has 0 radical (unpaired) electrons. The van der Waals surface area contributed by atoms with Crippen LogP contribution in [0.15, 0.2) is 0 Å². The van der Waals surface area contributed by atoms with Crippen molar-refractivity contribution in [1.82, 2.24) is 10.2 Å². The molecule has 3 heteroatoms. The average Bonchev–Trinajstić information content (AvgIpc) is 2.28. The van der Waals surface area contributed by atoms with Gasteiger partial charge in [0.25, 0.3) is 0 Å². The molecule has 13 heavy (non-hydrogen) atoms. The molecule has 0 aliphatic carbocycles. The number of thiol groups is 1. The summed E-state index contributed by atoms with van der Waals surface area (Å²) in [6.07, 6.45) is 0. The first-order chi connectivity index (χ1) is 5.71. The molecule has 0 bridgehead atoms. The maximum absolute atomic E-state index is 4.57. The maximum atomic E-state index is 4.57. The van der Waals surface area contributed by atoms with E-state index in [9.17, 15) is 0 Å². The monoisotopic (exact) mass is 202 g/mol. The molecule has 78 valence electrons. The summed E-state index contributed by atoms with van der Waals surface area (Å²) >= 11 is 4.57. The number of nitrogens with one attached hydrogen (secondary N) is 1. The lowest BCUT2D eigenvalue weighted by molar-refractivity contribution is 0.224. The first-order valence-electron chi connectivity index (χ1n) is 4.92. The summed E-state index contributed by atoms with van der Waals surface area (Å²) in [6, 6.07) is 0.582. The van der Waals surface area contributed by atoms with Crippen molar-refractivity contribution >= 4 is 12.6 Å². The van der Waals surface area contributed by atoms with Crippen LogP contribution in [0, 0.1) is 5.41 Å². The largest absolute Gasteiger partial charge is 0.300 e. The molecule has 1 N–H and O–H groups in total. The van der Waals surface area contributed by atoms with Crippen molar-refractivity contribution in [3.05, 3.63) is 0 Å². The van der Waals surface area contributed by atoms with Crippen molar-refractivity contribution in [2.24, 2.45) is 5.41 Å². The molecular formula is C10H22N2S. The fraction of sp³-hybridized carbons (Fsp3) is 1.00. The quantitative estimate of drug-likeness (QED) is 0.632. The zero-order valence-electron chi connectivity index (χ0n) is 9.39. The molecule has 2 nitrogen and oxygen atoms in total. The van der Waals surface area contributed by atoms with E-state index in [1.54, 1.807) is 0 Å². The third kappa shape index (κ3) is 2.86. The average molecular weight is 202 g/mol. The van der Waals surface area contributed by atoms with E-state index in [0.29, 0.717) is 11.5 Å². The molecule has 0 aromatic carbocycles. The first-order valence-corrected chi connectivity index (χ1v) is 5.37. The zero-order valence-corrected chi connectivity index (χ0v) is 10.3. The maximum Gasteiger partial charge on any atom is 0.0595 e. The van der Waals surface area contributed by atoms with Crippen molar-refractivity contribution in [3.63, 3.8) is 0 Å². The topological polar surface area (TPSA) is 15.3 Å². The Hall–Kier alpha value is 0.270. The second kappa shape index (κ2) is 3.44. The lowest BCUT2D eigenvalue weighted by Gasteiger charge is -2.31. The Morgan fingerprint density at radius 3 is 2.00 bits per heavy atom. The molecule has 1 atom stereocenters. The van der Waals surface area contributed by atoms with Gasteiger partial charge in [-0.3, -0.25) is 10.2 Å². The molecule has 1 unspecified atom stereocenters. The van der Waals surface area contributed by atoms with Crippen LogP contribution in [0.1, 0.15) is 34.6 Å². The highest BCUT2D eigenvalue weighted by Gasteiger charge is 2.35. The highest BCUT2D eigenvalue weighted by Crippen LogP contribution is 2.28. The first kappa shape index (κ1) is 11.3. The molecule has 0 aromatic rings. The van der Waals surface area contributed by atoms with Crippen LogP contribution >= 0.6 is 12.6 Å². The second-order valence-corrected chi connectivity index (χ2v) is 6.59. The smallest absolute Gasteiger partial charge is 0.0595 e. The van der Waals surface area contributed by atoms with E-state index in [1.165, 1.54) is 0 Å². The molecule has 1 rings (SSSR count). The van der Waals surface area contributed by atoms with E-state index in [2.05, 4.69) is 57.5 Å². The van der Waals surface area contributed by atoms with E-state index < -0.39 is 0 Å². The molecule has 1 heterocycles. The predicted molar refractivity (Wildman–Crippen MR) is 61.0 cm³/mol. The van der Waals surface area contributed by atoms with Crippen LogP contribution < -0.4 is 5.32 Å². The Kier molecular flexibility index (Phi) is 3.01. The number of hydrogen-bond acceptors (Lipinski definition) is 3. The van der Waals surface area contributed by atoms with Gasteiger partial charge in [0.05, 0.1) is 4.87 Å². The van der Waals surface area contributed by atoms with E-state index >= 15 is 0 Å². The molecular weight excluding hydrogens is 180 g/mol. The van der Waals surface area contributed by atoms with Gasteiger partial charge >= 0.3 is 0 Å². The normalized spacial score (nSPS) is 26.8. The molecule has 1 aliphatic heterocycles. The van der Waals surface area contributed by atoms with Gasteiger partial charge < -0.3 is 0 Å². The standard InChI is InChI=1S/C10H22N2S/c1-9(2,3)8-6-12(7-11-8)10(4,5)13/h8,11,13H,6-7H2,1-5H3. The lowest BCUT2D eigenvalue weighted by atomic mass is 9.87. The molecule has 1 fully saturated rings. The number of nitrogens with zero attached hydrogens (tertiary/aromatic N) is 1. The molecule has 1 saturated heterocycles. The Morgan fingerprint density at radius 1 is 1.23 bits per heavy atom. The van der Waals surface area contributed by atoms with Gasteiger partial charge in [0, 0.05) is 19.3 Å². The van der Waals surface area contributed by atoms with Gasteiger partial charge in [0.15, 0.2) is 0 Å². The van der Waals surface area contributed by atoms with Crippen LogP contribution in [-0.2, 0) is 0 Å². The van der Waals surface area contributed by atoms with Crippen LogP contribution in [0.5, 0.6) is 0 Å². The summed E-state index contributed by atoms with van der Waals surface area (Å²) < 4.78 is 0. The fourth-order valence-corrected chi connectivity index (χ4v) is 1.72. The van der Waals surface area contributed by atoms with Crippen molar-refractivity contribution in [3.8, 4) is 0 Å². The van der Waals surface area contributed by atoms with Crippen LogP contribution in [-0.4, -0.2) is 29.0 Å².